The lowest BCUT2D eigenvalue weighted by Crippen LogP contribution is -2.09. The molecule has 5 aromatic rings. The van der Waals surface area contributed by atoms with Crippen LogP contribution in [0.2, 0.25) is 0 Å². The number of rotatable bonds is 6. The molecule has 0 aliphatic heterocycles. The zero-order valence-corrected chi connectivity index (χ0v) is 18.6. The van der Waals surface area contributed by atoms with Gasteiger partial charge in [0.1, 0.15) is 10.6 Å². The average molecular weight is 445 g/mol. The van der Waals surface area contributed by atoms with Gasteiger partial charge in [-0.3, -0.25) is 4.79 Å². The van der Waals surface area contributed by atoms with Crippen LogP contribution in [0.1, 0.15) is 5.56 Å². The van der Waals surface area contributed by atoms with Crippen molar-refractivity contribution in [1.29, 1.82) is 0 Å². The van der Waals surface area contributed by atoms with E-state index in [0.717, 1.165) is 32.5 Å². The number of H-pyrrole nitrogens is 1. The Morgan fingerprint density at radius 2 is 1.84 bits per heavy atom. The van der Waals surface area contributed by atoms with Crippen LogP contribution in [0.3, 0.4) is 0 Å². The lowest BCUT2D eigenvalue weighted by atomic mass is 10.1. The SMILES string of the molecule is Cc1ccc(-c2csc3nc(SCCOc4cccc5ccccc45)[nH]c(=O)c23)cc1. The second-order valence-electron chi connectivity index (χ2n) is 7.24. The highest BCUT2D eigenvalue weighted by atomic mass is 32.2. The van der Waals surface area contributed by atoms with Gasteiger partial charge in [-0.25, -0.2) is 4.98 Å². The maximum atomic E-state index is 12.8. The van der Waals surface area contributed by atoms with Crippen molar-refractivity contribution in [3.8, 4) is 16.9 Å². The molecule has 0 radical (unpaired) electrons. The Labute approximate surface area is 187 Å². The molecule has 0 atom stereocenters. The summed E-state index contributed by atoms with van der Waals surface area (Å²) in [6.07, 6.45) is 0. The molecule has 0 fully saturated rings. The molecule has 0 aliphatic carbocycles. The first-order valence-corrected chi connectivity index (χ1v) is 11.9. The smallest absolute Gasteiger partial charge is 0.260 e. The Hall–Kier alpha value is -3.09. The van der Waals surface area contributed by atoms with Crippen LogP contribution in [-0.4, -0.2) is 22.3 Å². The van der Waals surface area contributed by atoms with E-state index in [2.05, 4.69) is 47.2 Å². The zero-order chi connectivity index (χ0) is 21.2. The molecule has 5 rings (SSSR count). The van der Waals surface area contributed by atoms with E-state index in [1.54, 1.807) is 0 Å². The minimum absolute atomic E-state index is 0.0979. The third-order valence-corrected chi connectivity index (χ3v) is 6.82. The Bertz CT molecular complexity index is 1420. The normalized spacial score (nSPS) is 11.3. The summed E-state index contributed by atoms with van der Waals surface area (Å²) in [5.41, 5.74) is 3.07. The molecule has 0 saturated heterocycles. The molecule has 3 aromatic carbocycles. The standard InChI is InChI=1S/C25H20N2O2S2/c1-16-9-11-18(12-10-16)20-15-31-24-22(20)23(28)26-25(27-24)30-14-13-29-21-8-4-6-17-5-2-3-7-19(17)21/h2-12,15H,13-14H2,1H3,(H,26,27,28). The van der Waals surface area contributed by atoms with E-state index in [9.17, 15) is 4.79 Å². The number of fused-ring (bicyclic) bond motifs is 2. The fourth-order valence-corrected chi connectivity index (χ4v) is 5.24. The van der Waals surface area contributed by atoms with Gasteiger partial charge in [-0.15, -0.1) is 11.3 Å². The van der Waals surface area contributed by atoms with Crippen molar-refractivity contribution < 1.29 is 4.74 Å². The van der Waals surface area contributed by atoms with Crippen molar-refractivity contribution in [3.63, 3.8) is 0 Å². The van der Waals surface area contributed by atoms with E-state index < -0.39 is 0 Å². The quantitative estimate of drug-likeness (QED) is 0.190. The second-order valence-corrected chi connectivity index (χ2v) is 9.18. The van der Waals surface area contributed by atoms with Crippen LogP contribution in [0, 0.1) is 6.92 Å². The first kappa shape index (κ1) is 19.8. The van der Waals surface area contributed by atoms with Crippen molar-refractivity contribution in [1.82, 2.24) is 9.97 Å². The van der Waals surface area contributed by atoms with Gasteiger partial charge in [0.2, 0.25) is 0 Å². The molecule has 6 heteroatoms. The van der Waals surface area contributed by atoms with Gasteiger partial charge in [-0.05, 0) is 23.9 Å². The van der Waals surface area contributed by atoms with E-state index in [0.29, 0.717) is 22.9 Å². The number of hydrogen-bond acceptors (Lipinski definition) is 5. The third-order valence-electron chi connectivity index (χ3n) is 5.11. The number of thioether (sulfide) groups is 1. The van der Waals surface area contributed by atoms with Crippen LogP contribution >= 0.6 is 23.1 Å². The molecule has 0 aliphatic rings. The van der Waals surface area contributed by atoms with Gasteiger partial charge in [-0.2, -0.15) is 0 Å². The fourth-order valence-electron chi connectivity index (χ4n) is 3.55. The summed E-state index contributed by atoms with van der Waals surface area (Å²) < 4.78 is 5.99. The Balaban J connectivity index is 1.30. The predicted octanol–water partition coefficient (Wildman–Crippen LogP) is 6.28. The number of nitrogens with zero attached hydrogens (tertiary/aromatic N) is 1. The van der Waals surface area contributed by atoms with Gasteiger partial charge < -0.3 is 9.72 Å². The Morgan fingerprint density at radius 1 is 1.03 bits per heavy atom. The summed E-state index contributed by atoms with van der Waals surface area (Å²) >= 11 is 3.00. The van der Waals surface area contributed by atoms with Crippen molar-refractivity contribution in [2.24, 2.45) is 0 Å². The van der Waals surface area contributed by atoms with E-state index >= 15 is 0 Å². The summed E-state index contributed by atoms with van der Waals surface area (Å²) in [4.78, 5) is 21.1. The molecule has 0 bridgehead atoms. The maximum absolute atomic E-state index is 12.8. The Morgan fingerprint density at radius 3 is 2.71 bits per heavy atom. The number of nitrogens with one attached hydrogen (secondary N) is 1. The molecule has 2 aromatic heterocycles. The van der Waals surface area contributed by atoms with Gasteiger partial charge in [0, 0.05) is 22.1 Å². The monoisotopic (exact) mass is 444 g/mol. The highest BCUT2D eigenvalue weighted by molar-refractivity contribution is 7.99. The summed E-state index contributed by atoms with van der Waals surface area (Å²) in [5, 5.41) is 5.55. The van der Waals surface area contributed by atoms with Crippen LogP contribution in [0.5, 0.6) is 5.75 Å². The van der Waals surface area contributed by atoms with Crippen LogP contribution < -0.4 is 10.3 Å². The predicted molar refractivity (Wildman–Crippen MR) is 131 cm³/mol. The summed E-state index contributed by atoms with van der Waals surface area (Å²) in [6.45, 7) is 2.58. The van der Waals surface area contributed by atoms with Gasteiger partial charge >= 0.3 is 0 Å². The van der Waals surface area contributed by atoms with Crippen molar-refractivity contribution in [3.05, 3.63) is 88.0 Å². The lowest BCUT2D eigenvalue weighted by molar-refractivity contribution is 0.348. The highest BCUT2D eigenvalue weighted by Gasteiger charge is 2.13. The fraction of sp³-hybridized carbons (Fsp3) is 0.120. The number of aromatic amines is 1. The van der Waals surface area contributed by atoms with Gasteiger partial charge in [0.25, 0.3) is 5.56 Å². The molecule has 0 saturated carbocycles. The molecular weight excluding hydrogens is 424 g/mol. The number of ether oxygens (including phenoxy) is 1. The third kappa shape index (κ3) is 4.09. The van der Waals surface area contributed by atoms with E-state index in [1.165, 1.54) is 28.7 Å². The first-order valence-electron chi connectivity index (χ1n) is 10.0. The molecule has 0 unspecified atom stereocenters. The van der Waals surface area contributed by atoms with E-state index in [1.807, 2.05) is 41.8 Å². The molecule has 4 nitrogen and oxygen atoms in total. The van der Waals surface area contributed by atoms with Crippen LogP contribution in [0.4, 0.5) is 0 Å². The van der Waals surface area contributed by atoms with E-state index in [4.69, 9.17) is 4.74 Å². The van der Waals surface area contributed by atoms with Crippen LogP contribution in [-0.2, 0) is 0 Å². The Kier molecular flexibility index (Phi) is 5.49. The number of aryl methyl sites for hydroxylation is 1. The van der Waals surface area contributed by atoms with Crippen molar-refractivity contribution >= 4 is 44.1 Å². The summed E-state index contributed by atoms with van der Waals surface area (Å²) in [6, 6.07) is 22.4. The number of hydrogen-bond donors (Lipinski definition) is 1. The van der Waals surface area contributed by atoms with Crippen molar-refractivity contribution in [2.75, 3.05) is 12.4 Å². The molecule has 154 valence electrons. The maximum Gasteiger partial charge on any atom is 0.260 e. The van der Waals surface area contributed by atoms with Crippen molar-refractivity contribution in [2.45, 2.75) is 12.1 Å². The number of thiophene rings is 1. The minimum atomic E-state index is -0.0979. The molecule has 1 N–H and O–H groups in total. The molecule has 0 amide bonds. The topological polar surface area (TPSA) is 55.0 Å². The summed E-state index contributed by atoms with van der Waals surface area (Å²) in [5.74, 6) is 1.56. The number of aromatic nitrogens is 2. The van der Waals surface area contributed by atoms with Crippen LogP contribution in [0.25, 0.3) is 32.1 Å². The largest absolute Gasteiger partial charge is 0.492 e. The van der Waals surface area contributed by atoms with E-state index in [-0.39, 0.29) is 5.56 Å². The highest BCUT2D eigenvalue weighted by Crippen LogP contribution is 2.32. The molecule has 2 heterocycles. The second kappa shape index (κ2) is 8.57. The summed E-state index contributed by atoms with van der Waals surface area (Å²) in [7, 11) is 0. The molecule has 31 heavy (non-hydrogen) atoms. The molecule has 0 spiro atoms. The first-order chi connectivity index (χ1) is 15.2. The molecular formula is C25H20N2O2S2. The zero-order valence-electron chi connectivity index (χ0n) is 16.9. The average Bonchev–Trinajstić information content (AvgIpc) is 3.22. The minimum Gasteiger partial charge on any atom is -0.492 e. The van der Waals surface area contributed by atoms with Gasteiger partial charge in [0.15, 0.2) is 5.16 Å². The van der Waals surface area contributed by atoms with Crippen LogP contribution in [0.15, 0.2) is 82.1 Å². The lowest BCUT2D eigenvalue weighted by Gasteiger charge is -2.09. The number of benzene rings is 3. The van der Waals surface area contributed by atoms with Gasteiger partial charge in [0.05, 0.1) is 12.0 Å². The van der Waals surface area contributed by atoms with Gasteiger partial charge in [-0.1, -0.05) is 78.0 Å².